The fourth-order valence-electron chi connectivity index (χ4n) is 2.25. The Hall–Kier alpha value is -1.22. The summed E-state index contributed by atoms with van der Waals surface area (Å²) in [5, 5.41) is 0. The monoisotopic (exact) mass is 234 g/mol. The third-order valence-corrected chi connectivity index (χ3v) is 3.17. The van der Waals surface area contributed by atoms with Crippen LogP contribution in [0.15, 0.2) is 24.3 Å². The molecule has 0 fully saturated rings. The quantitative estimate of drug-likeness (QED) is 0.795. The van der Waals surface area contributed by atoms with E-state index in [1.165, 1.54) is 18.5 Å². The maximum atomic E-state index is 5.74. The number of hydrogen-bond acceptors (Lipinski definition) is 3. The van der Waals surface area contributed by atoms with Crippen molar-refractivity contribution in [2.75, 3.05) is 31.1 Å². The van der Waals surface area contributed by atoms with Crippen molar-refractivity contribution in [1.29, 1.82) is 0 Å². The highest BCUT2D eigenvalue weighted by Crippen LogP contribution is 2.30. The van der Waals surface area contributed by atoms with Gasteiger partial charge in [0, 0.05) is 13.1 Å². The standard InChI is InChI=1S/C14H22N2O/c15-9-4-1-5-10-16-11-6-12-17-14-8-3-2-7-13(14)16/h2-3,7-8H,1,4-6,9-12,15H2. The lowest BCUT2D eigenvalue weighted by Crippen LogP contribution is -2.25. The van der Waals surface area contributed by atoms with Gasteiger partial charge in [0.05, 0.1) is 12.3 Å². The van der Waals surface area contributed by atoms with E-state index in [0.29, 0.717) is 0 Å². The van der Waals surface area contributed by atoms with Gasteiger partial charge in [-0.3, -0.25) is 0 Å². The summed E-state index contributed by atoms with van der Waals surface area (Å²) in [6, 6.07) is 8.34. The normalized spacial score (nSPS) is 15.0. The van der Waals surface area contributed by atoms with Crippen molar-refractivity contribution in [3.05, 3.63) is 24.3 Å². The molecule has 0 radical (unpaired) electrons. The SMILES string of the molecule is NCCCCCN1CCCOc2ccccc21. The molecule has 3 nitrogen and oxygen atoms in total. The van der Waals surface area contributed by atoms with Gasteiger partial charge in [0.1, 0.15) is 5.75 Å². The van der Waals surface area contributed by atoms with Crippen LogP contribution in [-0.2, 0) is 0 Å². The summed E-state index contributed by atoms with van der Waals surface area (Å²) in [6.07, 6.45) is 4.67. The van der Waals surface area contributed by atoms with Gasteiger partial charge in [0.25, 0.3) is 0 Å². The molecule has 0 unspecified atom stereocenters. The van der Waals surface area contributed by atoms with Gasteiger partial charge < -0.3 is 15.4 Å². The van der Waals surface area contributed by atoms with Crippen molar-refractivity contribution in [3.63, 3.8) is 0 Å². The van der Waals surface area contributed by atoms with Crippen LogP contribution in [0.5, 0.6) is 5.75 Å². The first kappa shape index (κ1) is 12.2. The Bertz CT molecular complexity index is 341. The summed E-state index contributed by atoms with van der Waals surface area (Å²) < 4.78 is 5.74. The Kier molecular flexibility index (Phi) is 4.68. The van der Waals surface area contributed by atoms with Crippen molar-refractivity contribution < 1.29 is 4.74 Å². The molecule has 0 aromatic heterocycles. The number of rotatable bonds is 5. The molecule has 0 atom stereocenters. The Morgan fingerprint density at radius 2 is 2.06 bits per heavy atom. The second-order valence-corrected chi connectivity index (χ2v) is 4.51. The number of benzene rings is 1. The van der Waals surface area contributed by atoms with Crippen molar-refractivity contribution >= 4 is 5.69 Å². The zero-order chi connectivity index (χ0) is 11.9. The second kappa shape index (κ2) is 6.50. The summed E-state index contributed by atoms with van der Waals surface area (Å²) in [5.74, 6) is 1.03. The predicted octanol–water partition coefficient (Wildman–Crippen LogP) is 2.40. The van der Waals surface area contributed by atoms with Crippen LogP contribution in [0.3, 0.4) is 0 Å². The van der Waals surface area contributed by atoms with Crippen LogP contribution in [0.1, 0.15) is 25.7 Å². The molecule has 0 amide bonds. The first-order valence-electron chi connectivity index (χ1n) is 6.58. The van der Waals surface area contributed by atoms with E-state index in [-0.39, 0.29) is 0 Å². The Morgan fingerprint density at radius 1 is 1.18 bits per heavy atom. The van der Waals surface area contributed by atoms with Gasteiger partial charge in [-0.1, -0.05) is 18.6 Å². The van der Waals surface area contributed by atoms with E-state index < -0.39 is 0 Å². The van der Waals surface area contributed by atoms with Crippen LogP contribution in [0.2, 0.25) is 0 Å². The number of para-hydroxylation sites is 2. The minimum atomic E-state index is 0.805. The summed E-state index contributed by atoms with van der Waals surface area (Å²) in [4.78, 5) is 2.44. The number of fused-ring (bicyclic) bond motifs is 1. The summed E-state index contributed by atoms with van der Waals surface area (Å²) in [7, 11) is 0. The van der Waals surface area contributed by atoms with E-state index in [9.17, 15) is 0 Å². The second-order valence-electron chi connectivity index (χ2n) is 4.51. The third kappa shape index (κ3) is 3.37. The van der Waals surface area contributed by atoms with Gasteiger partial charge in [-0.15, -0.1) is 0 Å². The van der Waals surface area contributed by atoms with Crippen LogP contribution in [-0.4, -0.2) is 26.2 Å². The predicted molar refractivity (Wildman–Crippen MR) is 71.7 cm³/mol. The van der Waals surface area contributed by atoms with E-state index in [1.54, 1.807) is 0 Å². The molecule has 94 valence electrons. The average molecular weight is 234 g/mol. The lowest BCUT2D eigenvalue weighted by Gasteiger charge is -2.23. The van der Waals surface area contributed by atoms with Crippen molar-refractivity contribution in [2.45, 2.75) is 25.7 Å². The number of unbranched alkanes of at least 4 members (excludes halogenated alkanes) is 2. The van der Waals surface area contributed by atoms with Gasteiger partial charge >= 0.3 is 0 Å². The van der Waals surface area contributed by atoms with Crippen LogP contribution >= 0.6 is 0 Å². The fraction of sp³-hybridized carbons (Fsp3) is 0.571. The summed E-state index contributed by atoms with van der Waals surface area (Å²) in [6.45, 7) is 3.84. The van der Waals surface area contributed by atoms with Crippen LogP contribution < -0.4 is 15.4 Å². The highest BCUT2D eigenvalue weighted by Gasteiger charge is 2.14. The molecule has 0 spiro atoms. The molecule has 1 aromatic rings. The third-order valence-electron chi connectivity index (χ3n) is 3.17. The van der Waals surface area contributed by atoms with Gasteiger partial charge in [0.15, 0.2) is 0 Å². The van der Waals surface area contributed by atoms with Crippen LogP contribution in [0.25, 0.3) is 0 Å². The number of hydrogen-bond donors (Lipinski definition) is 1. The number of anilines is 1. The zero-order valence-electron chi connectivity index (χ0n) is 10.4. The Labute approximate surface area is 104 Å². The first-order chi connectivity index (χ1) is 8.42. The molecule has 0 aliphatic carbocycles. The van der Waals surface area contributed by atoms with Crippen molar-refractivity contribution in [1.82, 2.24) is 0 Å². The van der Waals surface area contributed by atoms with Gasteiger partial charge in [0.2, 0.25) is 0 Å². The molecule has 3 heteroatoms. The molecule has 1 aromatic carbocycles. The van der Waals surface area contributed by atoms with Crippen LogP contribution in [0.4, 0.5) is 5.69 Å². The number of ether oxygens (including phenoxy) is 1. The molecule has 1 aliphatic rings. The van der Waals surface area contributed by atoms with Gasteiger partial charge in [-0.05, 0) is 37.9 Å². The maximum absolute atomic E-state index is 5.74. The topological polar surface area (TPSA) is 38.5 Å². The molecule has 0 saturated carbocycles. The molecule has 17 heavy (non-hydrogen) atoms. The molecule has 2 N–H and O–H groups in total. The van der Waals surface area contributed by atoms with Gasteiger partial charge in [-0.2, -0.15) is 0 Å². The molecule has 1 heterocycles. The summed E-state index contributed by atoms with van der Waals surface area (Å²) in [5.41, 5.74) is 6.76. The Balaban J connectivity index is 1.97. The molecule has 0 saturated heterocycles. The van der Waals surface area contributed by atoms with Gasteiger partial charge in [-0.25, -0.2) is 0 Å². The molecule has 0 bridgehead atoms. The molecular weight excluding hydrogens is 212 g/mol. The number of nitrogens with two attached hydrogens (primary N) is 1. The van der Waals surface area contributed by atoms with Crippen molar-refractivity contribution in [2.24, 2.45) is 5.73 Å². The van der Waals surface area contributed by atoms with E-state index >= 15 is 0 Å². The molecule has 2 rings (SSSR count). The highest BCUT2D eigenvalue weighted by atomic mass is 16.5. The minimum absolute atomic E-state index is 0.805. The first-order valence-corrected chi connectivity index (χ1v) is 6.58. The minimum Gasteiger partial charge on any atom is -0.491 e. The van der Waals surface area contributed by atoms with E-state index in [1.807, 2.05) is 6.07 Å². The Morgan fingerprint density at radius 3 is 2.94 bits per heavy atom. The lowest BCUT2D eigenvalue weighted by atomic mass is 10.2. The lowest BCUT2D eigenvalue weighted by molar-refractivity contribution is 0.322. The highest BCUT2D eigenvalue weighted by molar-refractivity contribution is 5.58. The molecular formula is C14H22N2O. The van der Waals surface area contributed by atoms with Crippen LogP contribution in [0, 0.1) is 0 Å². The number of nitrogens with zero attached hydrogens (tertiary/aromatic N) is 1. The average Bonchev–Trinajstić information content (AvgIpc) is 2.57. The van der Waals surface area contributed by atoms with E-state index in [4.69, 9.17) is 10.5 Å². The smallest absolute Gasteiger partial charge is 0.142 e. The maximum Gasteiger partial charge on any atom is 0.142 e. The largest absolute Gasteiger partial charge is 0.491 e. The van der Waals surface area contributed by atoms with E-state index in [2.05, 4.69) is 23.1 Å². The fourth-order valence-corrected chi connectivity index (χ4v) is 2.25. The zero-order valence-corrected chi connectivity index (χ0v) is 10.4. The summed E-state index contributed by atoms with van der Waals surface area (Å²) >= 11 is 0. The molecule has 1 aliphatic heterocycles. The van der Waals surface area contributed by atoms with Crippen molar-refractivity contribution in [3.8, 4) is 5.75 Å². The van der Waals surface area contributed by atoms with E-state index in [0.717, 1.165) is 44.8 Å².